The zero-order valence-electron chi connectivity index (χ0n) is 21.2. The van der Waals surface area contributed by atoms with E-state index in [-0.39, 0.29) is 12.5 Å². The fourth-order valence-corrected chi connectivity index (χ4v) is 6.28. The minimum absolute atomic E-state index is 0.250. The van der Waals surface area contributed by atoms with Crippen molar-refractivity contribution in [3.8, 4) is 11.5 Å². The molecule has 3 heterocycles. The van der Waals surface area contributed by atoms with Crippen molar-refractivity contribution in [2.75, 3.05) is 18.5 Å². The van der Waals surface area contributed by atoms with Gasteiger partial charge in [-0.2, -0.15) is 0 Å². The number of carbonyl (C=O) groups is 2. The average molecular weight is 549 g/mol. The predicted octanol–water partition coefficient (Wildman–Crippen LogP) is 5.65. The topological polar surface area (TPSA) is 97.6 Å². The van der Waals surface area contributed by atoms with Gasteiger partial charge in [-0.15, -0.1) is 21.5 Å². The number of thioether (sulfide) groups is 1. The molecule has 0 radical (unpaired) electrons. The van der Waals surface area contributed by atoms with Crippen LogP contribution in [0.1, 0.15) is 40.2 Å². The first kappa shape index (κ1) is 26.1. The second-order valence-electron chi connectivity index (χ2n) is 8.86. The van der Waals surface area contributed by atoms with Crippen LogP contribution in [0, 0.1) is 0 Å². The molecule has 1 atom stereocenters. The summed E-state index contributed by atoms with van der Waals surface area (Å²) in [7, 11) is 0. The Labute approximate surface area is 229 Å². The van der Waals surface area contributed by atoms with Crippen LogP contribution in [0.2, 0.25) is 0 Å². The molecule has 5 rings (SSSR count). The van der Waals surface area contributed by atoms with Gasteiger partial charge < -0.3 is 14.5 Å². The summed E-state index contributed by atoms with van der Waals surface area (Å²) in [5.41, 5.74) is 3.50. The molecule has 1 amide bonds. The van der Waals surface area contributed by atoms with Gasteiger partial charge >= 0.3 is 5.97 Å². The van der Waals surface area contributed by atoms with E-state index in [1.54, 1.807) is 13.8 Å². The number of rotatable bonds is 9. The Balaban J connectivity index is 1.30. The van der Waals surface area contributed by atoms with Gasteiger partial charge in [0.2, 0.25) is 11.8 Å². The van der Waals surface area contributed by atoms with Crippen LogP contribution in [-0.4, -0.2) is 45.4 Å². The lowest BCUT2D eigenvalue weighted by molar-refractivity contribution is -0.115. The Morgan fingerprint density at radius 3 is 2.61 bits per heavy atom. The van der Waals surface area contributed by atoms with Gasteiger partial charge in [-0.05, 0) is 43.5 Å². The van der Waals surface area contributed by atoms with Gasteiger partial charge in [0.1, 0.15) is 5.00 Å². The van der Waals surface area contributed by atoms with Crippen LogP contribution in [0.4, 0.5) is 5.00 Å². The molecule has 4 aromatic rings. The number of hydrogen-bond donors (Lipinski definition) is 1. The monoisotopic (exact) mass is 548 g/mol. The number of thiophene rings is 1. The highest BCUT2D eigenvalue weighted by atomic mass is 32.2. The quantitative estimate of drug-likeness (QED) is 0.212. The van der Waals surface area contributed by atoms with E-state index in [0.717, 1.165) is 35.5 Å². The molecule has 2 aromatic heterocycles. The lowest BCUT2D eigenvalue weighted by Crippen LogP contribution is -2.30. The van der Waals surface area contributed by atoms with E-state index in [0.29, 0.717) is 28.2 Å². The van der Waals surface area contributed by atoms with E-state index in [1.165, 1.54) is 28.7 Å². The molecule has 10 heteroatoms. The number of aromatic nitrogens is 2. The van der Waals surface area contributed by atoms with E-state index in [9.17, 15) is 9.59 Å². The summed E-state index contributed by atoms with van der Waals surface area (Å²) >= 11 is 2.62. The molecule has 0 aliphatic carbocycles. The summed E-state index contributed by atoms with van der Waals surface area (Å²) < 4.78 is 11.1. The van der Waals surface area contributed by atoms with E-state index >= 15 is 0 Å². The number of esters is 1. The number of hydrogen-bond acceptors (Lipinski definition) is 9. The van der Waals surface area contributed by atoms with Crippen molar-refractivity contribution in [2.24, 2.45) is 0 Å². The van der Waals surface area contributed by atoms with Crippen molar-refractivity contribution in [3.05, 3.63) is 82.2 Å². The van der Waals surface area contributed by atoms with Gasteiger partial charge in [0.05, 0.1) is 17.4 Å². The third kappa shape index (κ3) is 5.98. The Kier molecular flexibility index (Phi) is 8.21. The summed E-state index contributed by atoms with van der Waals surface area (Å²) in [6.45, 7) is 6.19. The lowest BCUT2D eigenvalue weighted by atomic mass is 10.0. The average Bonchev–Trinajstić information content (AvgIpc) is 3.54. The fourth-order valence-electron chi connectivity index (χ4n) is 4.31. The number of nitrogens with zero attached hydrogens (tertiary/aromatic N) is 3. The molecule has 1 aliphatic heterocycles. The second kappa shape index (κ2) is 11.9. The predicted molar refractivity (Wildman–Crippen MR) is 148 cm³/mol. The van der Waals surface area contributed by atoms with Crippen LogP contribution < -0.4 is 5.32 Å². The molecule has 2 aromatic carbocycles. The molecular formula is C28H28N4O4S2. The van der Waals surface area contributed by atoms with Crippen molar-refractivity contribution < 1.29 is 18.7 Å². The molecule has 0 spiro atoms. The molecule has 1 N–H and O–H groups in total. The second-order valence-corrected chi connectivity index (χ2v) is 11.3. The highest BCUT2D eigenvalue weighted by Crippen LogP contribution is 2.38. The first-order chi connectivity index (χ1) is 18.5. The number of anilines is 1. The Morgan fingerprint density at radius 2 is 1.87 bits per heavy atom. The number of benzene rings is 2. The van der Waals surface area contributed by atoms with Crippen molar-refractivity contribution in [1.82, 2.24) is 15.1 Å². The SMILES string of the molecule is CCOC(=O)c1c(NC(=O)C(C)Sc2nnc(-c3ccccc3)o2)sc2c1CCN(Cc1ccccc1)C2. The van der Waals surface area contributed by atoms with Gasteiger partial charge in [-0.1, -0.05) is 60.3 Å². The van der Waals surface area contributed by atoms with E-state index in [1.807, 2.05) is 48.5 Å². The van der Waals surface area contributed by atoms with E-state index in [4.69, 9.17) is 9.15 Å². The number of nitrogens with one attached hydrogen (secondary N) is 1. The van der Waals surface area contributed by atoms with Gasteiger partial charge in [-0.3, -0.25) is 9.69 Å². The number of amides is 1. The Hall–Kier alpha value is -3.47. The van der Waals surface area contributed by atoms with Crippen LogP contribution in [0.15, 0.2) is 70.3 Å². The van der Waals surface area contributed by atoms with Crippen LogP contribution in [-0.2, 0) is 29.0 Å². The van der Waals surface area contributed by atoms with Crippen LogP contribution in [0.25, 0.3) is 11.5 Å². The summed E-state index contributed by atoms with van der Waals surface area (Å²) in [6, 6.07) is 19.8. The number of fused-ring (bicyclic) bond motifs is 1. The molecule has 1 aliphatic rings. The van der Waals surface area contributed by atoms with Crippen molar-refractivity contribution in [3.63, 3.8) is 0 Å². The largest absolute Gasteiger partial charge is 0.462 e. The van der Waals surface area contributed by atoms with Gasteiger partial charge in [0, 0.05) is 30.1 Å². The lowest BCUT2D eigenvalue weighted by Gasteiger charge is -2.27. The first-order valence-corrected chi connectivity index (χ1v) is 14.2. The third-order valence-electron chi connectivity index (χ3n) is 6.18. The maximum Gasteiger partial charge on any atom is 0.341 e. The molecule has 0 saturated heterocycles. The van der Waals surface area contributed by atoms with Crippen molar-refractivity contribution >= 4 is 40.0 Å². The Bertz CT molecular complexity index is 1400. The Morgan fingerprint density at radius 1 is 1.13 bits per heavy atom. The van der Waals surface area contributed by atoms with Crippen molar-refractivity contribution in [1.29, 1.82) is 0 Å². The summed E-state index contributed by atoms with van der Waals surface area (Å²) in [5.74, 6) is -0.252. The highest BCUT2D eigenvalue weighted by Gasteiger charge is 2.30. The minimum atomic E-state index is -0.525. The van der Waals surface area contributed by atoms with E-state index in [2.05, 4.69) is 32.5 Å². The van der Waals surface area contributed by atoms with Crippen molar-refractivity contribution in [2.45, 2.75) is 43.8 Å². The smallest absolute Gasteiger partial charge is 0.341 e. The summed E-state index contributed by atoms with van der Waals surface area (Å²) in [5, 5.41) is 11.5. The van der Waals surface area contributed by atoms with Gasteiger partial charge in [0.25, 0.3) is 5.22 Å². The molecule has 8 nitrogen and oxygen atoms in total. The van der Waals surface area contributed by atoms with Gasteiger partial charge in [-0.25, -0.2) is 4.79 Å². The molecule has 0 fully saturated rings. The number of ether oxygens (including phenoxy) is 1. The molecule has 0 bridgehead atoms. The van der Waals surface area contributed by atoms with Crippen LogP contribution >= 0.6 is 23.1 Å². The standard InChI is InChI=1S/C28H28N4O4S2/c1-3-35-27(34)23-21-14-15-32(16-19-10-6-4-7-11-19)17-22(21)38-26(23)29-24(33)18(2)37-28-31-30-25(36-28)20-12-8-5-9-13-20/h4-13,18H,3,14-17H2,1-2H3,(H,29,33). The zero-order valence-corrected chi connectivity index (χ0v) is 22.8. The fraction of sp³-hybridized carbons (Fsp3) is 0.286. The molecule has 196 valence electrons. The molecular weight excluding hydrogens is 520 g/mol. The highest BCUT2D eigenvalue weighted by molar-refractivity contribution is 8.00. The third-order valence-corrected chi connectivity index (χ3v) is 8.24. The minimum Gasteiger partial charge on any atom is -0.462 e. The van der Waals surface area contributed by atoms with Crippen LogP contribution in [0.3, 0.4) is 0 Å². The van der Waals surface area contributed by atoms with E-state index < -0.39 is 11.2 Å². The number of carbonyl (C=O) groups excluding carboxylic acids is 2. The molecule has 38 heavy (non-hydrogen) atoms. The zero-order chi connectivity index (χ0) is 26.5. The maximum absolute atomic E-state index is 13.2. The van der Waals surface area contributed by atoms with Crippen LogP contribution in [0.5, 0.6) is 0 Å². The first-order valence-electron chi connectivity index (χ1n) is 12.5. The maximum atomic E-state index is 13.2. The molecule has 0 saturated carbocycles. The normalized spacial score (nSPS) is 14.1. The summed E-state index contributed by atoms with van der Waals surface area (Å²) in [6.07, 6.45) is 0.719. The molecule has 1 unspecified atom stereocenters. The van der Waals surface area contributed by atoms with Gasteiger partial charge in [0.15, 0.2) is 0 Å². The summed E-state index contributed by atoms with van der Waals surface area (Å²) in [4.78, 5) is 29.5.